The minimum Gasteiger partial charge on any atom is -0.350 e. The van der Waals surface area contributed by atoms with Gasteiger partial charge in [0.1, 0.15) is 0 Å². The first-order valence-electron chi connectivity index (χ1n) is 9.31. The molecule has 10 heteroatoms. The molecule has 0 saturated carbocycles. The van der Waals surface area contributed by atoms with E-state index in [4.69, 9.17) is 9.57 Å². The lowest BCUT2D eigenvalue weighted by atomic mass is 10.2. The summed E-state index contributed by atoms with van der Waals surface area (Å²) in [5.41, 5.74) is 2.51. The van der Waals surface area contributed by atoms with Gasteiger partial charge in [-0.15, -0.1) is 0 Å². The lowest BCUT2D eigenvalue weighted by Gasteiger charge is -2.33. The highest BCUT2D eigenvalue weighted by molar-refractivity contribution is 7.89. The molecule has 0 radical (unpaired) electrons. The molecular formula is C18H25N3O6S. The fourth-order valence-electron chi connectivity index (χ4n) is 3.17. The van der Waals surface area contributed by atoms with Gasteiger partial charge in [-0.25, -0.2) is 18.7 Å². The predicted molar refractivity (Wildman–Crippen MR) is 99.6 cm³/mol. The van der Waals surface area contributed by atoms with Gasteiger partial charge in [-0.05, 0) is 31.0 Å². The van der Waals surface area contributed by atoms with E-state index in [1.165, 1.54) is 35.5 Å². The standard InChI is InChI=1S/C18H25N3O6S/c1-14(22)20-8-10-21(11-9-20)28(24,25)16-6-4-5-15(13-16)18(23)19-27-17-7-2-3-12-26-17/h4-6,13,17H,2-3,7-12H2,1H3,(H,19,23). The lowest BCUT2D eigenvalue weighted by Crippen LogP contribution is -2.49. The van der Waals surface area contributed by atoms with Gasteiger partial charge in [0.15, 0.2) is 6.29 Å². The van der Waals surface area contributed by atoms with Gasteiger partial charge in [-0.2, -0.15) is 4.31 Å². The third kappa shape index (κ3) is 4.88. The van der Waals surface area contributed by atoms with Crippen LogP contribution in [0.4, 0.5) is 0 Å². The third-order valence-electron chi connectivity index (χ3n) is 4.84. The molecular weight excluding hydrogens is 386 g/mol. The van der Waals surface area contributed by atoms with Crippen LogP contribution >= 0.6 is 0 Å². The first-order valence-corrected chi connectivity index (χ1v) is 10.8. The molecule has 154 valence electrons. The number of benzene rings is 1. The number of carbonyl (C=O) groups excluding carboxylic acids is 2. The van der Waals surface area contributed by atoms with E-state index in [0.29, 0.717) is 26.1 Å². The van der Waals surface area contributed by atoms with E-state index in [0.717, 1.165) is 12.8 Å². The van der Waals surface area contributed by atoms with Gasteiger partial charge in [0, 0.05) is 51.7 Å². The molecule has 3 rings (SSSR count). The average Bonchev–Trinajstić information content (AvgIpc) is 2.73. The summed E-state index contributed by atoms with van der Waals surface area (Å²) >= 11 is 0. The lowest BCUT2D eigenvalue weighted by molar-refractivity contribution is -0.186. The second kappa shape index (κ2) is 8.99. The highest BCUT2D eigenvalue weighted by Gasteiger charge is 2.29. The van der Waals surface area contributed by atoms with Crippen molar-refractivity contribution in [3.8, 4) is 0 Å². The van der Waals surface area contributed by atoms with Gasteiger partial charge in [0.2, 0.25) is 15.9 Å². The Morgan fingerprint density at radius 2 is 1.93 bits per heavy atom. The normalized spacial score (nSPS) is 21.3. The van der Waals surface area contributed by atoms with E-state index in [-0.39, 0.29) is 29.5 Å². The van der Waals surface area contributed by atoms with Gasteiger partial charge in [0.05, 0.1) is 4.90 Å². The number of hydrogen-bond acceptors (Lipinski definition) is 6. The second-order valence-corrected chi connectivity index (χ2v) is 8.72. The quantitative estimate of drug-likeness (QED) is 0.716. The summed E-state index contributed by atoms with van der Waals surface area (Å²) in [6.45, 7) is 3.20. The Kier molecular flexibility index (Phi) is 6.65. The average molecular weight is 411 g/mol. The van der Waals surface area contributed by atoms with Crippen LogP contribution < -0.4 is 5.48 Å². The molecule has 1 atom stereocenters. The minimum atomic E-state index is -3.75. The summed E-state index contributed by atoms with van der Waals surface area (Å²) in [6.07, 6.45) is 2.14. The SMILES string of the molecule is CC(=O)N1CCN(S(=O)(=O)c2cccc(C(=O)NOC3CCCCO3)c2)CC1. The van der Waals surface area contributed by atoms with Crippen molar-refractivity contribution in [2.75, 3.05) is 32.8 Å². The van der Waals surface area contributed by atoms with Crippen LogP contribution in [0.3, 0.4) is 0 Å². The van der Waals surface area contributed by atoms with Crippen molar-refractivity contribution in [1.29, 1.82) is 0 Å². The number of ether oxygens (including phenoxy) is 1. The van der Waals surface area contributed by atoms with Crippen molar-refractivity contribution in [3.63, 3.8) is 0 Å². The summed E-state index contributed by atoms with van der Waals surface area (Å²) < 4.78 is 32.5. The molecule has 2 aliphatic heterocycles. The number of nitrogens with zero attached hydrogens (tertiary/aromatic N) is 2. The Hall–Kier alpha value is -2.01. The first kappa shape index (κ1) is 20.7. The van der Waals surface area contributed by atoms with Crippen molar-refractivity contribution in [1.82, 2.24) is 14.7 Å². The summed E-state index contributed by atoms with van der Waals surface area (Å²) in [6, 6.07) is 5.82. The molecule has 2 saturated heterocycles. The number of carbonyl (C=O) groups is 2. The molecule has 2 amide bonds. The van der Waals surface area contributed by atoms with Crippen LogP contribution in [0, 0.1) is 0 Å². The van der Waals surface area contributed by atoms with Crippen molar-refractivity contribution < 1.29 is 27.6 Å². The molecule has 2 heterocycles. The van der Waals surface area contributed by atoms with Crippen LogP contribution in [0.25, 0.3) is 0 Å². The van der Waals surface area contributed by atoms with Gasteiger partial charge < -0.3 is 9.64 Å². The Morgan fingerprint density at radius 1 is 1.18 bits per heavy atom. The molecule has 1 aromatic carbocycles. The zero-order chi connectivity index (χ0) is 20.1. The maximum absolute atomic E-state index is 12.9. The monoisotopic (exact) mass is 411 g/mol. The van der Waals surface area contributed by atoms with E-state index in [1.807, 2.05) is 0 Å². The van der Waals surface area contributed by atoms with E-state index >= 15 is 0 Å². The number of nitrogens with one attached hydrogen (secondary N) is 1. The van der Waals surface area contributed by atoms with Gasteiger partial charge in [0.25, 0.3) is 5.91 Å². The number of hydrogen-bond donors (Lipinski definition) is 1. The molecule has 9 nitrogen and oxygen atoms in total. The highest BCUT2D eigenvalue weighted by atomic mass is 32.2. The molecule has 1 aromatic rings. The topological polar surface area (TPSA) is 105 Å². The smallest absolute Gasteiger partial charge is 0.274 e. The maximum Gasteiger partial charge on any atom is 0.274 e. The Morgan fingerprint density at radius 3 is 2.57 bits per heavy atom. The van der Waals surface area contributed by atoms with E-state index in [2.05, 4.69) is 5.48 Å². The zero-order valence-electron chi connectivity index (χ0n) is 15.8. The van der Waals surface area contributed by atoms with Crippen LogP contribution in [-0.4, -0.2) is 68.5 Å². The summed E-state index contributed by atoms with van der Waals surface area (Å²) in [5, 5.41) is 0. The van der Waals surface area contributed by atoms with Crippen LogP contribution in [0.1, 0.15) is 36.5 Å². The largest absolute Gasteiger partial charge is 0.350 e. The van der Waals surface area contributed by atoms with Gasteiger partial charge >= 0.3 is 0 Å². The van der Waals surface area contributed by atoms with E-state index in [1.54, 1.807) is 4.90 Å². The summed E-state index contributed by atoms with van der Waals surface area (Å²) in [5.74, 6) is -0.606. The van der Waals surface area contributed by atoms with Crippen LogP contribution in [-0.2, 0) is 24.4 Å². The maximum atomic E-state index is 12.9. The highest BCUT2D eigenvalue weighted by Crippen LogP contribution is 2.19. The summed E-state index contributed by atoms with van der Waals surface area (Å²) in [4.78, 5) is 30.6. The number of amides is 2. The molecule has 0 aliphatic carbocycles. The fraction of sp³-hybridized carbons (Fsp3) is 0.556. The Labute approximate surface area is 164 Å². The number of sulfonamides is 1. The number of hydroxylamine groups is 1. The molecule has 0 aromatic heterocycles. The number of rotatable bonds is 5. The van der Waals surface area contributed by atoms with Crippen LogP contribution in [0.2, 0.25) is 0 Å². The fourth-order valence-corrected chi connectivity index (χ4v) is 4.64. The van der Waals surface area contributed by atoms with Crippen LogP contribution in [0.15, 0.2) is 29.2 Å². The van der Waals surface area contributed by atoms with Crippen LogP contribution in [0.5, 0.6) is 0 Å². The predicted octanol–water partition coefficient (Wildman–Crippen LogP) is 0.727. The molecule has 2 fully saturated rings. The van der Waals surface area contributed by atoms with Crippen molar-refractivity contribution in [2.24, 2.45) is 0 Å². The third-order valence-corrected chi connectivity index (χ3v) is 6.73. The Bertz CT molecular complexity index is 814. The number of piperazine rings is 1. The Balaban J connectivity index is 1.64. The zero-order valence-corrected chi connectivity index (χ0v) is 16.6. The molecule has 0 bridgehead atoms. The molecule has 1 N–H and O–H groups in total. The van der Waals surface area contributed by atoms with Crippen molar-refractivity contribution in [2.45, 2.75) is 37.4 Å². The van der Waals surface area contributed by atoms with Gasteiger partial charge in [-0.3, -0.25) is 9.59 Å². The molecule has 1 unspecified atom stereocenters. The van der Waals surface area contributed by atoms with Crippen molar-refractivity contribution in [3.05, 3.63) is 29.8 Å². The molecule has 28 heavy (non-hydrogen) atoms. The van der Waals surface area contributed by atoms with Crippen molar-refractivity contribution >= 4 is 21.8 Å². The van der Waals surface area contributed by atoms with E-state index < -0.39 is 22.2 Å². The first-order chi connectivity index (χ1) is 13.4. The van der Waals surface area contributed by atoms with E-state index in [9.17, 15) is 18.0 Å². The van der Waals surface area contributed by atoms with Gasteiger partial charge in [-0.1, -0.05) is 6.07 Å². The summed E-state index contributed by atoms with van der Waals surface area (Å²) in [7, 11) is -3.75. The minimum absolute atomic E-state index is 0.0327. The molecule has 2 aliphatic rings. The second-order valence-electron chi connectivity index (χ2n) is 6.78. The molecule has 0 spiro atoms.